The van der Waals surface area contributed by atoms with E-state index in [1.165, 1.54) is 7.11 Å². The first-order valence-corrected chi connectivity index (χ1v) is 10.1. The van der Waals surface area contributed by atoms with E-state index in [2.05, 4.69) is 4.74 Å². The lowest BCUT2D eigenvalue weighted by Crippen LogP contribution is -2.13. The van der Waals surface area contributed by atoms with Crippen LogP contribution in [0.25, 0.3) is 21.8 Å². The van der Waals surface area contributed by atoms with Crippen LogP contribution in [-0.2, 0) is 16.1 Å². The van der Waals surface area contributed by atoms with E-state index in [0.717, 1.165) is 16.6 Å². The van der Waals surface area contributed by atoms with Crippen molar-refractivity contribution in [3.63, 3.8) is 0 Å². The number of carbonyl (C=O) groups excluding carboxylic acids is 2. The van der Waals surface area contributed by atoms with Gasteiger partial charge in [-0.25, -0.2) is 4.79 Å². The van der Waals surface area contributed by atoms with Crippen molar-refractivity contribution in [2.45, 2.75) is 6.54 Å². The number of amides is 1. The summed E-state index contributed by atoms with van der Waals surface area (Å²) in [5, 5.41) is 2.37. The van der Waals surface area contributed by atoms with Crippen LogP contribution >= 0.6 is 23.2 Å². The number of rotatable bonds is 6. The quantitative estimate of drug-likeness (QED) is 0.422. The number of primary amides is 1. The Labute approximate surface area is 188 Å². The van der Waals surface area contributed by atoms with Gasteiger partial charge in [-0.1, -0.05) is 41.4 Å². The molecular formula is C23H18Cl2N2O4. The molecule has 1 amide bonds. The first-order valence-electron chi connectivity index (χ1n) is 9.38. The number of aromatic nitrogens is 1. The molecule has 0 fully saturated rings. The monoisotopic (exact) mass is 456 g/mol. The topological polar surface area (TPSA) is 83.6 Å². The van der Waals surface area contributed by atoms with E-state index in [-0.39, 0.29) is 6.61 Å². The summed E-state index contributed by atoms with van der Waals surface area (Å²) in [5.74, 6) is -0.646. The molecule has 158 valence electrons. The van der Waals surface area contributed by atoms with E-state index in [1.807, 2.05) is 22.8 Å². The van der Waals surface area contributed by atoms with Gasteiger partial charge in [-0.2, -0.15) is 0 Å². The van der Waals surface area contributed by atoms with Crippen LogP contribution in [0.3, 0.4) is 0 Å². The normalized spacial score (nSPS) is 11.1. The molecule has 8 heteroatoms. The fourth-order valence-electron chi connectivity index (χ4n) is 3.69. The van der Waals surface area contributed by atoms with Crippen molar-refractivity contribution in [1.29, 1.82) is 0 Å². The third kappa shape index (κ3) is 3.80. The first kappa shape index (κ1) is 21.0. The number of carbonyl (C=O) groups is 2. The molecule has 0 radical (unpaired) electrons. The second kappa shape index (κ2) is 8.49. The predicted octanol–water partition coefficient (Wildman–Crippen LogP) is 4.80. The van der Waals surface area contributed by atoms with Crippen molar-refractivity contribution in [3.05, 3.63) is 75.8 Å². The van der Waals surface area contributed by atoms with Crippen LogP contribution in [0.1, 0.15) is 15.9 Å². The number of hydrogen-bond donors (Lipinski definition) is 1. The zero-order chi connectivity index (χ0) is 22.1. The van der Waals surface area contributed by atoms with Gasteiger partial charge in [-0.3, -0.25) is 4.79 Å². The van der Waals surface area contributed by atoms with Gasteiger partial charge in [0.25, 0.3) is 0 Å². The van der Waals surface area contributed by atoms with Gasteiger partial charge in [-0.05, 0) is 36.4 Å². The van der Waals surface area contributed by atoms with Gasteiger partial charge in [0.05, 0.1) is 30.1 Å². The molecule has 1 heterocycles. The smallest absolute Gasteiger partial charge is 0.343 e. The van der Waals surface area contributed by atoms with Crippen molar-refractivity contribution in [2.24, 2.45) is 5.73 Å². The summed E-state index contributed by atoms with van der Waals surface area (Å²) in [6.45, 7) is 0.0958. The minimum absolute atomic E-state index is 0.267. The lowest BCUT2D eigenvalue weighted by atomic mass is 10.1. The molecule has 0 aliphatic carbocycles. The summed E-state index contributed by atoms with van der Waals surface area (Å²) < 4.78 is 12.4. The van der Waals surface area contributed by atoms with Crippen LogP contribution in [0.2, 0.25) is 10.0 Å². The summed E-state index contributed by atoms with van der Waals surface area (Å²) in [6, 6.07) is 16.1. The van der Waals surface area contributed by atoms with Gasteiger partial charge in [0.15, 0.2) is 6.61 Å². The molecule has 0 aliphatic rings. The summed E-state index contributed by atoms with van der Waals surface area (Å²) in [5.41, 5.74) is 8.30. The van der Waals surface area contributed by atoms with Crippen molar-refractivity contribution in [3.8, 4) is 5.75 Å². The van der Waals surface area contributed by atoms with Crippen molar-refractivity contribution >= 4 is 56.9 Å². The molecule has 31 heavy (non-hydrogen) atoms. The molecule has 0 aliphatic heterocycles. The predicted molar refractivity (Wildman–Crippen MR) is 121 cm³/mol. The van der Waals surface area contributed by atoms with Crippen LogP contribution in [0.5, 0.6) is 5.75 Å². The number of esters is 1. The zero-order valence-electron chi connectivity index (χ0n) is 16.5. The molecule has 0 atom stereocenters. The largest absolute Gasteiger partial charge is 0.481 e. The minimum Gasteiger partial charge on any atom is -0.481 e. The van der Waals surface area contributed by atoms with Crippen LogP contribution in [0.4, 0.5) is 0 Å². The molecule has 4 rings (SSSR count). The summed E-state index contributed by atoms with van der Waals surface area (Å²) >= 11 is 12.8. The van der Waals surface area contributed by atoms with E-state index in [1.54, 1.807) is 36.4 Å². The van der Waals surface area contributed by atoms with Crippen LogP contribution in [0, 0.1) is 0 Å². The highest BCUT2D eigenvalue weighted by Gasteiger charge is 2.21. The maximum absolute atomic E-state index is 12.2. The highest BCUT2D eigenvalue weighted by molar-refractivity contribution is 6.36. The summed E-state index contributed by atoms with van der Waals surface area (Å²) in [7, 11) is 1.29. The van der Waals surface area contributed by atoms with Crippen LogP contribution in [0.15, 0.2) is 54.6 Å². The molecule has 6 nitrogen and oxygen atoms in total. The van der Waals surface area contributed by atoms with Gasteiger partial charge in [0, 0.05) is 26.6 Å². The fraction of sp³-hybridized carbons (Fsp3) is 0.130. The van der Waals surface area contributed by atoms with Crippen LogP contribution < -0.4 is 10.5 Å². The van der Waals surface area contributed by atoms with E-state index < -0.39 is 11.9 Å². The number of nitrogens with zero attached hydrogens (tertiary/aromatic N) is 1. The molecule has 0 saturated carbocycles. The molecule has 1 aromatic heterocycles. The van der Waals surface area contributed by atoms with Gasteiger partial charge in [-0.15, -0.1) is 0 Å². The Hall–Kier alpha value is -3.22. The van der Waals surface area contributed by atoms with Gasteiger partial charge in [0.2, 0.25) is 5.91 Å². The molecule has 4 aromatic rings. The molecular weight excluding hydrogens is 439 g/mol. The average Bonchev–Trinajstić information content (AvgIpc) is 3.08. The van der Waals surface area contributed by atoms with E-state index in [9.17, 15) is 9.59 Å². The molecule has 0 bridgehead atoms. The van der Waals surface area contributed by atoms with Gasteiger partial charge in [0.1, 0.15) is 5.75 Å². The minimum atomic E-state index is -0.566. The number of halogens is 2. The van der Waals surface area contributed by atoms with E-state index >= 15 is 0 Å². The Kier molecular flexibility index (Phi) is 5.76. The highest BCUT2D eigenvalue weighted by atomic mass is 35.5. The Bertz CT molecular complexity index is 1310. The standard InChI is InChI=1S/C23H18Cl2N2O4/c1-30-20(28)12-31-19-10-4-9-18-22(19)21-13(23(26)29)5-2-8-17(21)27(18)11-14-15(24)6-3-7-16(14)25/h2-10H,11-12H2,1H3,(H2,26,29). The second-order valence-corrected chi connectivity index (χ2v) is 7.68. The highest BCUT2D eigenvalue weighted by Crippen LogP contribution is 2.39. The molecule has 0 unspecified atom stereocenters. The molecule has 0 spiro atoms. The number of benzene rings is 3. The maximum Gasteiger partial charge on any atom is 0.343 e. The molecule has 2 N–H and O–H groups in total. The lowest BCUT2D eigenvalue weighted by Gasteiger charge is -2.11. The Balaban J connectivity index is 2.01. The maximum atomic E-state index is 12.2. The van der Waals surface area contributed by atoms with E-state index in [0.29, 0.717) is 38.7 Å². The van der Waals surface area contributed by atoms with Gasteiger partial charge >= 0.3 is 5.97 Å². The third-order valence-corrected chi connectivity index (χ3v) is 5.80. The number of hydrogen-bond acceptors (Lipinski definition) is 4. The average molecular weight is 457 g/mol. The zero-order valence-corrected chi connectivity index (χ0v) is 18.0. The number of ether oxygens (including phenoxy) is 2. The van der Waals surface area contributed by atoms with Crippen molar-refractivity contribution in [2.75, 3.05) is 13.7 Å². The second-order valence-electron chi connectivity index (χ2n) is 6.87. The number of nitrogens with two attached hydrogens (primary N) is 1. The van der Waals surface area contributed by atoms with Crippen LogP contribution in [-0.4, -0.2) is 30.2 Å². The van der Waals surface area contributed by atoms with Gasteiger partial charge < -0.3 is 19.8 Å². The van der Waals surface area contributed by atoms with Crippen molar-refractivity contribution < 1.29 is 19.1 Å². The molecule has 3 aromatic carbocycles. The number of methoxy groups -OCH3 is 1. The first-order chi connectivity index (χ1) is 14.9. The Morgan fingerprint density at radius 1 is 0.935 bits per heavy atom. The summed E-state index contributed by atoms with van der Waals surface area (Å²) in [4.78, 5) is 23.8. The van der Waals surface area contributed by atoms with Crippen molar-refractivity contribution in [1.82, 2.24) is 4.57 Å². The fourth-order valence-corrected chi connectivity index (χ4v) is 4.20. The lowest BCUT2D eigenvalue weighted by molar-refractivity contribution is -0.142. The number of fused-ring (bicyclic) bond motifs is 3. The Morgan fingerprint density at radius 3 is 2.19 bits per heavy atom. The molecule has 0 saturated heterocycles. The summed E-state index contributed by atoms with van der Waals surface area (Å²) in [6.07, 6.45) is 0. The SMILES string of the molecule is COC(=O)COc1cccc2c1c1c(C(N)=O)cccc1n2Cc1c(Cl)cccc1Cl. The third-order valence-electron chi connectivity index (χ3n) is 5.09. The Morgan fingerprint density at radius 2 is 1.55 bits per heavy atom. The van der Waals surface area contributed by atoms with E-state index in [4.69, 9.17) is 33.7 Å².